The molecule has 1 aromatic rings. The number of amides is 1. The van der Waals surface area contributed by atoms with E-state index in [4.69, 9.17) is 9.47 Å². The van der Waals surface area contributed by atoms with Gasteiger partial charge in [0.15, 0.2) is 0 Å². The van der Waals surface area contributed by atoms with Crippen molar-refractivity contribution in [3.63, 3.8) is 0 Å². The van der Waals surface area contributed by atoms with Crippen molar-refractivity contribution in [2.75, 3.05) is 33.4 Å². The van der Waals surface area contributed by atoms with E-state index in [1.165, 1.54) is 0 Å². The molecular weight excluding hydrogens is 320 g/mol. The molecule has 0 spiro atoms. The molecule has 0 saturated carbocycles. The van der Waals surface area contributed by atoms with E-state index < -0.39 is 6.04 Å². The summed E-state index contributed by atoms with van der Waals surface area (Å²) in [6.45, 7) is 5.67. The number of hydrogen-bond acceptors (Lipinski definition) is 5. The molecule has 1 atom stereocenters. The summed E-state index contributed by atoms with van der Waals surface area (Å²) >= 11 is 0. The van der Waals surface area contributed by atoms with E-state index in [-0.39, 0.29) is 24.9 Å². The number of rotatable bonds is 11. The van der Waals surface area contributed by atoms with E-state index in [2.05, 4.69) is 4.99 Å². The van der Waals surface area contributed by atoms with E-state index in [0.29, 0.717) is 26.1 Å². The molecule has 1 amide bonds. The molecule has 0 saturated heterocycles. The van der Waals surface area contributed by atoms with Crippen molar-refractivity contribution >= 4 is 18.1 Å². The van der Waals surface area contributed by atoms with Crippen LogP contribution in [0.1, 0.15) is 32.3 Å². The standard InChI is InChI=1S/C19H28N2O4/c1-4-21(5-2)19(23)17(11-12-18(22)25-14-13-24-3)20-15-16-9-7-6-8-10-16/h6-10,15,17H,4-5,11-14H2,1-3H3/t17-/m0/s1. The van der Waals surface area contributed by atoms with Gasteiger partial charge in [0.2, 0.25) is 5.91 Å². The smallest absolute Gasteiger partial charge is 0.305 e. The van der Waals surface area contributed by atoms with Crippen LogP contribution in [0.4, 0.5) is 0 Å². The van der Waals surface area contributed by atoms with Crippen LogP contribution in [0.3, 0.4) is 0 Å². The summed E-state index contributed by atoms with van der Waals surface area (Å²) in [4.78, 5) is 30.6. The molecule has 25 heavy (non-hydrogen) atoms. The van der Waals surface area contributed by atoms with Gasteiger partial charge in [-0.15, -0.1) is 0 Å². The number of methoxy groups -OCH3 is 1. The lowest BCUT2D eigenvalue weighted by Crippen LogP contribution is -2.38. The second-order valence-electron chi connectivity index (χ2n) is 5.47. The van der Waals surface area contributed by atoms with Gasteiger partial charge in [0.1, 0.15) is 12.6 Å². The summed E-state index contributed by atoms with van der Waals surface area (Å²) < 4.78 is 9.89. The van der Waals surface area contributed by atoms with Gasteiger partial charge in [-0.3, -0.25) is 14.6 Å². The lowest BCUT2D eigenvalue weighted by molar-refractivity contribution is -0.145. The number of benzene rings is 1. The quantitative estimate of drug-likeness (QED) is 0.350. The first-order valence-electron chi connectivity index (χ1n) is 8.63. The fourth-order valence-electron chi connectivity index (χ4n) is 2.29. The highest BCUT2D eigenvalue weighted by molar-refractivity contribution is 5.87. The zero-order valence-corrected chi connectivity index (χ0v) is 15.3. The second-order valence-corrected chi connectivity index (χ2v) is 5.47. The summed E-state index contributed by atoms with van der Waals surface area (Å²) in [6.07, 6.45) is 2.15. The summed E-state index contributed by atoms with van der Waals surface area (Å²) in [5.74, 6) is -0.411. The van der Waals surface area contributed by atoms with Gasteiger partial charge in [-0.2, -0.15) is 0 Å². The van der Waals surface area contributed by atoms with Crippen LogP contribution >= 0.6 is 0 Å². The third-order valence-corrected chi connectivity index (χ3v) is 3.74. The minimum absolute atomic E-state index is 0.0677. The zero-order valence-electron chi connectivity index (χ0n) is 15.3. The van der Waals surface area contributed by atoms with Gasteiger partial charge >= 0.3 is 5.97 Å². The molecule has 0 aliphatic heterocycles. The Balaban J connectivity index is 2.72. The van der Waals surface area contributed by atoms with Gasteiger partial charge in [0.05, 0.1) is 6.61 Å². The maximum Gasteiger partial charge on any atom is 0.305 e. The van der Waals surface area contributed by atoms with Crippen LogP contribution in [0, 0.1) is 0 Å². The number of carbonyl (C=O) groups excluding carboxylic acids is 2. The molecule has 0 aromatic heterocycles. The van der Waals surface area contributed by atoms with Gasteiger partial charge < -0.3 is 14.4 Å². The Morgan fingerprint density at radius 2 is 1.84 bits per heavy atom. The number of ether oxygens (including phenoxy) is 2. The fourth-order valence-corrected chi connectivity index (χ4v) is 2.29. The summed E-state index contributed by atoms with van der Waals surface area (Å²) in [6, 6.07) is 9.00. The normalized spacial score (nSPS) is 12.1. The van der Waals surface area contributed by atoms with Crippen molar-refractivity contribution in [1.82, 2.24) is 4.90 Å². The van der Waals surface area contributed by atoms with Gasteiger partial charge in [0.25, 0.3) is 0 Å². The molecule has 0 bridgehead atoms. The van der Waals surface area contributed by atoms with E-state index in [9.17, 15) is 9.59 Å². The fraction of sp³-hybridized carbons (Fsp3) is 0.526. The highest BCUT2D eigenvalue weighted by atomic mass is 16.6. The topological polar surface area (TPSA) is 68.2 Å². The highest BCUT2D eigenvalue weighted by Crippen LogP contribution is 2.09. The van der Waals surface area contributed by atoms with Crippen LogP contribution in [0.15, 0.2) is 35.3 Å². The Morgan fingerprint density at radius 1 is 1.16 bits per heavy atom. The third kappa shape index (κ3) is 7.94. The first-order valence-corrected chi connectivity index (χ1v) is 8.63. The predicted molar refractivity (Wildman–Crippen MR) is 97.8 cm³/mol. The molecule has 0 heterocycles. The molecule has 6 heteroatoms. The van der Waals surface area contributed by atoms with Crippen LogP contribution in [0.25, 0.3) is 0 Å². The van der Waals surface area contributed by atoms with Crippen molar-refractivity contribution in [3.8, 4) is 0 Å². The molecule has 0 fully saturated rings. The number of hydrogen-bond donors (Lipinski definition) is 0. The van der Waals surface area contributed by atoms with Crippen LogP contribution in [0.5, 0.6) is 0 Å². The third-order valence-electron chi connectivity index (χ3n) is 3.74. The number of likely N-dealkylation sites (N-methyl/N-ethyl adjacent to an activating group) is 1. The predicted octanol–water partition coefficient (Wildman–Crippen LogP) is 2.31. The molecule has 138 valence electrons. The minimum Gasteiger partial charge on any atom is -0.463 e. The Bertz CT molecular complexity index is 542. The van der Waals surface area contributed by atoms with Crippen molar-refractivity contribution in [2.24, 2.45) is 4.99 Å². The maximum atomic E-state index is 12.6. The van der Waals surface area contributed by atoms with Crippen molar-refractivity contribution in [3.05, 3.63) is 35.9 Å². The Kier molecular flexibility index (Phi) is 10.2. The number of nitrogens with zero attached hydrogens (tertiary/aromatic N) is 2. The first kappa shape index (κ1) is 20.8. The molecule has 1 aromatic carbocycles. The van der Waals surface area contributed by atoms with Crippen LogP contribution < -0.4 is 0 Å². The SMILES string of the molecule is CCN(CC)C(=O)[C@H](CCC(=O)OCCOC)N=Cc1ccccc1. The number of esters is 1. The van der Waals surface area contributed by atoms with Crippen molar-refractivity contribution in [1.29, 1.82) is 0 Å². The molecular formula is C19H28N2O4. The molecule has 0 aliphatic rings. The van der Waals surface area contributed by atoms with Crippen molar-refractivity contribution in [2.45, 2.75) is 32.7 Å². The largest absolute Gasteiger partial charge is 0.463 e. The van der Waals surface area contributed by atoms with Crippen molar-refractivity contribution < 1.29 is 19.1 Å². The van der Waals surface area contributed by atoms with E-state index in [0.717, 1.165) is 5.56 Å². The van der Waals surface area contributed by atoms with Gasteiger partial charge in [-0.25, -0.2) is 0 Å². The molecule has 1 rings (SSSR count). The Hall–Kier alpha value is -2.21. The molecule has 0 aliphatic carbocycles. The first-order chi connectivity index (χ1) is 12.1. The van der Waals surface area contributed by atoms with E-state index in [1.54, 1.807) is 18.2 Å². The van der Waals surface area contributed by atoms with Crippen LogP contribution in [0.2, 0.25) is 0 Å². The van der Waals surface area contributed by atoms with E-state index in [1.807, 2.05) is 44.2 Å². The number of aliphatic imine (C=N–C) groups is 1. The average Bonchev–Trinajstić information content (AvgIpc) is 2.63. The molecule has 6 nitrogen and oxygen atoms in total. The monoisotopic (exact) mass is 348 g/mol. The molecule has 0 N–H and O–H groups in total. The van der Waals surface area contributed by atoms with Gasteiger partial charge in [-0.05, 0) is 25.8 Å². The van der Waals surface area contributed by atoms with Gasteiger partial charge in [0, 0.05) is 32.8 Å². The van der Waals surface area contributed by atoms with Crippen LogP contribution in [-0.2, 0) is 19.1 Å². The highest BCUT2D eigenvalue weighted by Gasteiger charge is 2.22. The maximum absolute atomic E-state index is 12.6. The number of carbonyl (C=O) groups is 2. The summed E-state index contributed by atoms with van der Waals surface area (Å²) in [5, 5.41) is 0. The summed E-state index contributed by atoms with van der Waals surface area (Å²) in [5.41, 5.74) is 0.919. The average molecular weight is 348 g/mol. The molecule has 0 unspecified atom stereocenters. The molecule has 0 radical (unpaired) electrons. The second kappa shape index (κ2) is 12.2. The zero-order chi connectivity index (χ0) is 18.5. The minimum atomic E-state index is -0.588. The summed E-state index contributed by atoms with van der Waals surface area (Å²) in [7, 11) is 1.55. The van der Waals surface area contributed by atoms with E-state index >= 15 is 0 Å². The lowest BCUT2D eigenvalue weighted by Gasteiger charge is -2.22. The Labute approximate surface area is 149 Å². The van der Waals surface area contributed by atoms with Gasteiger partial charge in [-0.1, -0.05) is 30.3 Å². The Morgan fingerprint density at radius 3 is 2.44 bits per heavy atom. The lowest BCUT2D eigenvalue weighted by atomic mass is 10.1. The van der Waals surface area contributed by atoms with Crippen LogP contribution in [-0.4, -0.2) is 62.4 Å².